The van der Waals surface area contributed by atoms with Crippen molar-refractivity contribution in [2.45, 2.75) is 6.36 Å². The first-order chi connectivity index (χ1) is 18.7. The SMILES string of the molecule is COc1cc2nccc(Oc3ccc4c(NC(=O)c5cccc(OC(F)(F)F)c5)cccc4c3)c2cc1OC. The van der Waals surface area contributed by atoms with Gasteiger partial charge in [0.05, 0.1) is 19.7 Å². The molecule has 1 amide bonds. The van der Waals surface area contributed by atoms with E-state index in [1.54, 1.807) is 62.9 Å². The first-order valence-corrected chi connectivity index (χ1v) is 11.6. The Morgan fingerprint density at radius 2 is 1.56 bits per heavy atom. The number of aromatic nitrogens is 1. The van der Waals surface area contributed by atoms with Crippen molar-refractivity contribution in [1.82, 2.24) is 4.98 Å². The number of ether oxygens (including phenoxy) is 4. The minimum atomic E-state index is -4.86. The third kappa shape index (κ3) is 5.64. The number of methoxy groups -OCH3 is 2. The number of fused-ring (bicyclic) bond motifs is 2. The van der Waals surface area contributed by atoms with Gasteiger partial charge in [0.2, 0.25) is 0 Å². The number of carbonyl (C=O) groups is 1. The van der Waals surface area contributed by atoms with Crippen LogP contribution in [0.1, 0.15) is 10.4 Å². The highest BCUT2D eigenvalue weighted by molar-refractivity contribution is 6.09. The first-order valence-electron chi connectivity index (χ1n) is 11.6. The number of pyridine rings is 1. The second-order valence-corrected chi connectivity index (χ2v) is 8.35. The summed E-state index contributed by atoms with van der Waals surface area (Å²) in [6.07, 6.45) is -3.22. The number of amides is 1. The van der Waals surface area contributed by atoms with Crippen molar-refractivity contribution in [1.29, 1.82) is 0 Å². The molecule has 1 heterocycles. The van der Waals surface area contributed by atoms with Crippen molar-refractivity contribution >= 4 is 33.3 Å². The van der Waals surface area contributed by atoms with E-state index in [4.69, 9.17) is 14.2 Å². The number of alkyl halides is 3. The van der Waals surface area contributed by atoms with Crippen molar-refractivity contribution in [3.63, 3.8) is 0 Å². The van der Waals surface area contributed by atoms with Crippen molar-refractivity contribution in [3.05, 3.63) is 90.6 Å². The van der Waals surface area contributed by atoms with E-state index in [1.165, 1.54) is 12.1 Å². The summed E-state index contributed by atoms with van der Waals surface area (Å²) in [5, 5.41) is 4.98. The van der Waals surface area contributed by atoms with Crippen molar-refractivity contribution in [2.24, 2.45) is 0 Å². The highest BCUT2D eigenvalue weighted by Gasteiger charge is 2.31. The molecule has 0 bridgehead atoms. The monoisotopic (exact) mass is 534 g/mol. The average Bonchev–Trinajstić information content (AvgIpc) is 2.91. The zero-order chi connectivity index (χ0) is 27.6. The van der Waals surface area contributed by atoms with Gasteiger partial charge in [0.25, 0.3) is 5.91 Å². The Labute approximate surface area is 220 Å². The maximum Gasteiger partial charge on any atom is 0.573 e. The number of nitrogens with one attached hydrogen (secondary N) is 1. The van der Waals surface area contributed by atoms with E-state index in [0.717, 1.165) is 22.9 Å². The van der Waals surface area contributed by atoms with Gasteiger partial charge in [-0.15, -0.1) is 13.2 Å². The highest BCUT2D eigenvalue weighted by Crippen LogP contribution is 2.38. The minimum absolute atomic E-state index is 0.0188. The van der Waals surface area contributed by atoms with E-state index in [-0.39, 0.29) is 5.56 Å². The maximum absolute atomic E-state index is 12.8. The van der Waals surface area contributed by atoms with E-state index in [2.05, 4.69) is 15.0 Å². The second kappa shape index (κ2) is 10.4. The molecule has 10 heteroatoms. The molecule has 5 rings (SSSR count). The fourth-order valence-electron chi connectivity index (χ4n) is 4.13. The molecule has 0 unspecified atom stereocenters. The number of hydrogen-bond donors (Lipinski definition) is 1. The first kappa shape index (κ1) is 25.7. The van der Waals surface area contributed by atoms with Crippen LogP contribution in [0.5, 0.6) is 28.7 Å². The largest absolute Gasteiger partial charge is 0.573 e. The van der Waals surface area contributed by atoms with Gasteiger partial charge in [-0.2, -0.15) is 0 Å². The predicted octanol–water partition coefficient (Wildman–Crippen LogP) is 7.35. The molecule has 0 saturated heterocycles. The zero-order valence-electron chi connectivity index (χ0n) is 20.7. The average molecular weight is 534 g/mol. The molecule has 7 nitrogen and oxygen atoms in total. The summed E-state index contributed by atoms with van der Waals surface area (Å²) < 4.78 is 58.6. The lowest BCUT2D eigenvalue weighted by atomic mass is 10.1. The molecule has 0 fully saturated rings. The van der Waals surface area contributed by atoms with Gasteiger partial charge >= 0.3 is 6.36 Å². The van der Waals surface area contributed by atoms with Crippen LogP contribution in [0.4, 0.5) is 18.9 Å². The molecule has 1 N–H and O–H groups in total. The number of rotatable bonds is 7. The van der Waals surface area contributed by atoms with Crippen LogP contribution in [-0.2, 0) is 0 Å². The molecule has 0 atom stereocenters. The quantitative estimate of drug-likeness (QED) is 0.235. The van der Waals surface area contributed by atoms with Gasteiger partial charge in [0.15, 0.2) is 11.5 Å². The van der Waals surface area contributed by atoms with Crippen LogP contribution in [0.3, 0.4) is 0 Å². The molecule has 0 aliphatic carbocycles. The Bertz CT molecular complexity index is 1690. The third-order valence-electron chi connectivity index (χ3n) is 5.86. The summed E-state index contributed by atoms with van der Waals surface area (Å²) in [4.78, 5) is 17.2. The summed E-state index contributed by atoms with van der Waals surface area (Å²) in [6.45, 7) is 0. The molecule has 5 aromatic rings. The fourth-order valence-corrected chi connectivity index (χ4v) is 4.13. The summed E-state index contributed by atoms with van der Waals surface area (Å²) in [7, 11) is 3.10. The van der Waals surface area contributed by atoms with Gasteiger partial charge in [-0.1, -0.05) is 18.2 Å². The normalized spacial score (nSPS) is 11.3. The number of anilines is 1. The second-order valence-electron chi connectivity index (χ2n) is 8.35. The van der Waals surface area contributed by atoms with Crippen LogP contribution < -0.4 is 24.3 Å². The molecule has 198 valence electrons. The van der Waals surface area contributed by atoms with Gasteiger partial charge in [0, 0.05) is 34.3 Å². The zero-order valence-corrected chi connectivity index (χ0v) is 20.7. The predicted molar refractivity (Wildman–Crippen MR) is 140 cm³/mol. The smallest absolute Gasteiger partial charge is 0.493 e. The van der Waals surface area contributed by atoms with Gasteiger partial charge < -0.3 is 24.3 Å². The Balaban J connectivity index is 1.41. The molecular weight excluding hydrogens is 513 g/mol. The molecule has 39 heavy (non-hydrogen) atoms. The lowest BCUT2D eigenvalue weighted by Gasteiger charge is -2.14. The van der Waals surface area contributed by atoms with Gasteiger partial charge in [-0.3, -0.25) is 9.78 Å². The summed E-state index contributed by atoms with van der Waals surface area (Å²) >= 11 is 0. The molecule has 0 aliphatic heterocycles. The van der Waals surface area contributed by atoms with Crippen molar-refractivity contribution in [3.8, 4) is 28.7 Å². The van der Waals surface area contributed by atoms with Crippen LogP contribution in [0.2, 0.25) is 0 Å². The van der Waals surface area contributed by atoms with Gasteiger partial charge in [-0.05, 0) is 60.0 Å². The Kier molecular flexibility index (Phi) is 6.84. The van der Waals surface area contributed by atoms with E-state index >= 15 is 0 Å². The molecule has 0 aliphatic rings. The maximum atomic E-state index is 12.8. The summed E-state index contributed by atoms with van der Waals surface area (Å²) in [5.41, 5.74) is 1.17. The molecular formula is C29H21F3N2O5. The standard InChI is InChI=1S/C29H21F3N2O5/c1-36-26-15-22-24(16-27(26)37-2)33-12-11-25(22)38-19-9-10-21-17(13-19)5-4-8-23(21)34-28(35)18-6-3-7-20(14-18)39-29(30,31)32/h3-16H,1-2H3,(H,34,35). The van der Waals surface area contributed by atoms with Crippen LogP contribution in [-0.4, -0.2) is 31.5 Å². The molecule has 0 radical (unpaired) electrons. The molecule has 4 aromatic carbocycles. The van der Waals surface area contributed by atoms with Crippen LogP contribution in [0.15, 0.2) is 85.1 Å². The van der Waals surface area contributed by atoms with Crippen LogP contribution >= 0.6 is 0 Å². The Morgan fingerprint density at radius 1 is 0.795 bits per heavy atom. The van der Waals surface area contributed by atoms with Crippen LogP contribution in [0.25, 0.3) is 21.7 Å². The van der Waals surface area contributed by atoms with Crippen molar-refractivity contribution < 1.29 is 36.9 Å². The molecule has 0 spiro atoms. The number of nitrogens with zero attached hydrogens (tertiary/aromatic N) is 1. The van der Waals surface area contributed by atoms with Gasteiger partial charge in [-0.25, -0.2) is 0 Å². The van der Waals surface area contributed by atoms with Crippen molar-refractivity contribution in [2.75, 3.05) is 19.5 Å². The summed E-state index contributed by atoms with van der Waals surface area (Å²) in [6, 6.07) is 20.8. The lowest BCUT2D eigenvalue weighted by molar-refractivity contribution is -0.274. The third-order valence-corrected chi connectivity index (χ3v) is 5.86. The summed E-state index contributed by atoms with van der Waals surface area (Å²) in [5.74, 6) is 1.14. The minimum Gasteiger partial charge on any atom is -0.493 e. The van der Waals surface area contributed by atoms with E-state index in [1.807, 2.05) is 12.1 Å². The number of halogens is 3. The number of carbonyl (C=O) groups excluding carboxylic acids is 1. The van der Waals surface area contributed by atoms with Crippen LogP contribution in [0, 0.1) is 0 Å². The van der Waals surface area contributed by atoms with Gasteiger partial charge in [0.1, 0.15) is 17.2 Å². The number of hydrogen-bond acceptors (Lipinski definition) is 6. The van der Waals surface area contributed by atoms with E-state index < -0.39 is 18.0 Å². The lowest BCUT2D eigenvalue weighted by Crippen LogP contribution is -2.18. The molecule has 0 saturated carbocycles. The number of benzene rings is 4. The topological polar surface area (TPSA) is 78.9 Å². The Hall–Kier alpha value is -4.99. The van der Waals surface area contributed by atoms with E-state index in [9.17, 15) is 18.0 Å². The van der Waals surface area contributed by atoms with E-state index in [0.29, 0.717) is 39.6 Å². The Morgan fingerprint density at radius 3 is 2.33 bits per heavy atom. The molecule has 1 aromatic heterocycles. The fraction of sp³-hybridized carbons (Fsp3) is 0.103. The highest BCUT2D eigenvalue weighted by atomic mass is 19.4.